The molecule has 1 amide bonds. The van der Waals surface area contributed by atoms with Crippen molar-refractivity contribution in [3.05, 3.63) is 90.1 Å². The number of nitrogens with zero attached hydrogens (tertiary/aromatic N) is 2. The van der Waals surface area contributed by atoms with Crippen LogP contribution < -0.4 is 10.1 Å². The van der Waals surface area contributed by atoms with Gasteiger partial charge in [0, 0.05) is 24.5 Å². The second-order valence-corrected chi connectivity index (χ2v) is 6.97. The predicted molar refractivity (Wildman–Crippen MR) is 114 cm³/mol. The number of aromatic nitrogens is 2. The van der Waals surface area contributed by atoms with Gasteiger partial charge in [-0.25, -0.2) is 4.39 Å². The highest BCUT2D eigenvalue weighted by atomic mass is 19.1. The molecule has 0 radical (unpaired) electrons. The van der Waals surface area contributed by atoms with Crippen LogP contribution in [0.2, 0.25) is 0 Å². The lowest BCUT2D eigenvalue weighted by molar-refractivity contribution is -0.116. The molecule has 0 aliphatic heterocycles. The van der Waals surface area contributed by atoms with E-state index in [1.807, 2.05) is 49.4 Å². The number of carbonyl (C=O) groups excluding carboxylic acids is 1. The summed E-state index contributed by atoms with van der Waals surface area (Å²) in [6.45, 7) is 2.00. The molecule has 0 unspecified atom stereocenters. The van der Waals surface area contributed by atoms with Gasteiger partial charge >= 0.3 is 0 Å². The first kappa shape index (κ1) is 20.3. The van der Waals surface area contributed by atoms with Crippen molar-refractivity contribution >= 4 is 11.6 Å². The molecule has 31 heavy (non-hydrogen) atoms. The number of halogens is 1. The lowest BCUT2D eigenvalue weighted by Crippen LogP contribution is -2.13. The van der Waals surface area contributed by atoms with Gasteiger partial charge in [-0.05, 0) is 43.3 Å². The van der Waals surface area contributed by atoms with Crippen LogP contribution in [0.4, 0.5) is 10.1 Å². The average molecular weight is 417 g/mol. The molecule has 3 aromatic carbocycles. The Balaban J connectivity index is 1.39. The molecule has 6 nitrogen and oxygen atoms in total. The number of carbonyl (C=O) groups is 1. The minimum atomic E-state index is -0.477. The minimum absolute atomic E-state index is 0.0941. The monoisotopic (exact) mass is 417 g/mol. The molecular formula is C24H20FN3O3. The van der Waals surface area contributed by atoms with Crippen molar-refractivity contribution in [2.75, 3.05) is 5.32 Å². The number of benzene rings is 3. The van der Waals surface area contributed by atoms with E-state index in [1.54, 1.807) is 12.1 Å². The highest BCUT2D eigenvalue weighted by Gasteiger charge is 2.13. The Morgan fingerprint density at radius 3 is 2.58 bits per heavy atom. The normalized spacial score (nSPS) is 10.6. The van der Waals surface area contributed by atoms with Gasteiger partial charge in [-0.3, -0.25) is 4.79 Å². The first-order chi connectivity index (χ1) is 15.1. The highest BCUT2D eigenvalue weighted by molar-refractivity contribution is 5.92. The van der Waals surface area contributed by atoms with Gasteiger partial charge in [0.05, 0.1) is 5.69 Å². The Morgan fingerprint density at radius 2 is 1.81 bits per heavy atom. The number of rotatable bonds is 7. The molecule has 0 aliphatic carbocycles. The standard InChI is InChI=1S/C24H20FN3O3/c1-16-7-9-17(10-8-16)24-28-27-23(31-24)14-13-22(29)26-20-15-18(25)11-12-21(20)30-19-5-3-2-4-6-19/h2-12,15H,13-14H2,1H3,(H,26,29). The zero-order chi connectivity index (χ0) is 21.6. The van der Waals surface area contributed by atoms with Crippen molar-refractivity contribution in [3.63, 3.8) is 0 Å². The Morgan fingerprint density at radius 1 is 1.03 bits per heavy atom. The largest absolute Gasteiger partial charge is 0.455 e. The van der Waals surface area contributed by atoms with Gasteiger partial charge < -0.3 is 14.5 Å². The van der Waals surface area contributed by atoms with Gasteiger partial charge in [0.25, 0.3) is 0 Å². The van der Waals surface area contributed by atoms with Crippen LogP contribution in [-0.4, -0.2) is 16.1 Å². The molecule has 0 fully saturated rings. The molecule has 0 saturated carbocycles. The first-order valence-corrected chi connectivity index (χ1v) is 9.78. The maximum Gasteiger partial charge on any atom is 0.247 e. The van der Waals surface area contributed by atoms with E-state index in [-0.39, 0.29) is 24.4 Å². The Labute approximate surface area is 178 Å². The summed E-state index contributed by atoms with van der Waals surface area (Å²) in [5.41, 5.74) is 2.20. The van der Waals surface area contributed by atoms with Crippen molar-refractivity contribution in [1.29, 1.82) is 0 Å². The van der Waals surface area contributed by atoms with Crippen molar-refractivity contribution in [2.24, 2.45) is 0 Å². The zero-order valence-electron chi connectivity index (χ0n) is 16.8. The summed E-state index contributed by atoms with van der Waals surface area (Å²) < 4.78 is 25.1. The topological polar surface area (TPSA) is 77.2 Å². The van der Waals surface area contributed by atoms with Crippen LogP contribution >= 0.6 is 0 Å². The zero-order valence-corrected chi connectivity index (χ0v) is 16.8. The van der Waals surface area contributed by atoms with Crippen molar-refractivity contribution in [1.82, 2.24) is 10.2 Å². The van der Waals surface area contributed by atoms with E-state index < -0.39 is 5.82 Å². The Hall–Kier alpha value is -4.00. The minimum Gasteiger partial charge on any atom is -0.455 e. The molecule has 0 atom stereocenters. The molecule has 0 spiro atoms. The van der Waals surface area contributed by atoms with Crippen LogP contribution in [0.3, 0.4) is 0 Å². The van der Waals surface area contributed by atoms with Crippen molar-refractivity contribution in [3.8, 4) is 23.0 Å². The third-order valence-electron chi connectivity index (χ3n) is 4.52. The van der Waals surface area contributed by atoms with Crippen LogP contribution in [0.5, 0.6) is 11.5 Å². The van der Waals surface area contributed by atoms with Crippen LogP contribution in [0.25, 0.3) is 11.5 Å². The molecule has 0 aliphatic rings. The summed E-state index contributed by atoms with van der Waals surface area (Å²) in [5.74, 6) is 0.887. The smallest absolute Gasteiger partial charge is 0.247 e. The fraction of sp³-hybridized carbons (Fsp3) is 0.125. The third-order valence-corrected chi connectivity index (χ3v) is 4.52. The Bertz CT molecular complexity index is 1170. The fourth-order valence-corrected chi connectivity index (χ4v) is 2.90. The molecule has 4 aromatic rings. The fourth-order valence-electron chi connectivity index (χ4n) is 2.90. The van der Waals surface area contributed by atoms with Crippen molar-refractivity contribution < 1.29 is 18.3 Å². The molecule has 1 aromatic heterocycles. The number of amides is 1. The van der Waals surface area contributed by atoms with Gasteiger partial charge in [-0.15, -0.1) is 10.2 Å². The summed E-state index contributed by atoms with van der Waals surface area (Å²) >= 11 is 0. The van der Waals surface area contributed by atoms with Crippen LogP contribution in [0.15, 0.2) is 77.2 Å². The maximum absolute atomic E-state index is 13.7. The summed E-state index contributed by atoms with van der Waals surface area (Å²) in [6.07, 6.45) is 0.353. The number of nitrogens with one attached hydrogen (secondary N) is 1. The maximum atomic E-state index is 13.7. The first-order valence-electron chi connectivity index (χ1n) is 9.78. The molecule has 1 heterocycles. The molecule has 156 valence electrons. The van der Waals surface area contributed by atoms with Crippen LogP contribution in [0.1, 0.15) is 17.9 Å². The molecule has 0 saturated heterocycles. The lowest BCUT2D eigenvalue weighted by atomic mass is 10.1. The molecule has 7 heteroatoms. The summed E-state index contributed by atoms with van der Waals surface area (Å²) in [6, 6.07) is 20.8. The average Bonchev–Trinajstić information content (AvgIpc) is 3.25. The van der Waals surface area contributed by atoms with Gasteiger partial charge in [0.1, 0.15) is 11.6 Å². The van der Waals surface area contributed by atoms with E-state index in [0.717, 1.165) is 11.1 Å². The summed E-state index contributed by atoms with van der Waals surface area (Å²) in [5, 5.41) is 10.7. The third kappa shape index (κ3) is 5.33. The molecular weight excluding hydrogens is 397 g/mol. The molecule has 0 bridgehead atoms. The number of hydrogen-bond donors (Lipinski definition) is 1. The Kier molecular flexibility index (Phi) is 6.03. The number of ether oxygens (including phenoxy) is 1. The summed E-state index contributed by atoms with van der Waals surface area (Å²) in [4.78, 5) is 12.4. The van der Waals surface area contributed by atoms with Crippen LogP contribution in [0, 0.1) is 12.7 Å². The van der Waals surface area contributed by atoms with Gasteiger partial charge in [0.15, 0.2) is 5.75 Å². The van der Waals surface area contributed by atoms with Gasteiger partial charge in [-0.2, -0.15) is 0 Å². The van der Waals surface area contributed by atoms with Crippen LogP contribution in [-0.2, 0) is 11.2 Å². The van der Waals surface area contributed by atoms with E-state index in [2.05, 4.69) is 15.5 Å². The number of hydrogen-bond acceptors (Lipinski definition) is 5. The quantitative estimate of drug-likeness (QED) is 0.427. The van der Waals surface area contributed by atoms with E-state index in [0.29, 0.717) is 23.3 Å². The van der Waals surface area contributed by atoms with E-state index in [9.17, 15) is 9.18 Å². The van der Waals surface area contributed by atoms with E-state index >= 15 is 0 Å². The molecule has 4 rings (SSSR count). The predicted octanol–water partition coefficient (Wildman–Crippen LogP) is 5.55. The van der Waals surface area contributed by atoms with Gasteiger partial charge in [0.2, 0.25) is 17.7 Å². The second-order valence-electron chi connectivity index (χ2n) is 6.97. The van der Waals surface area contributed by atoms with E-state index in [4.69, 9.17) is 9.15 Å². The number of para-hydroxylation sites is 1. The highest BCUT2D eigenvalue weighted by Crippen LogP contribution is 2.30. The van der Waals surface area contributed by atoms with Gasteiger partial charge in [-0.1, -0.05) is 35.9 Å². The van der Waals surface area contributed by atoms with Crippen molar-refractivity contribution in [2.45, 2.75) is 19.8 Å². The number of anilines is 1. The summed E-state index contributed by atoms with van der Waals surface area (Å²) in [7, 11) is 0. The van der Waals surface area contributed by atoms with E-state index in [1.165, 1.54) is 18.2 Å². The molecule has 1 N–H and O–H groups in total. The number of aryl methyl sites for hydroxylation is 2. The SMILES string of the molecule is Cc1ccc(-c2nnc(CCC(=O)Nc3cc(F)ccc3Oc3ccccc3)o2)cc1. The lowest BCUT2D eigenvalue weighted by Gasteiger charge is -2.12. The second kappa shape index (κ2) is 9.21.